The zero-order valence-electron chi connectivity index (χ0n) is 8.02. The van der Waals surface area contributed by atoms with Crippen molar-refractivity contribution in [2.24, 2.45) is 0 Å². The van der Waals surface area contributed by atoms with Gasteiger partial charge in [-0.1, -0.05) is 0 Å². The van der Waals surface area contributed by atoms with E-state index in [1.165, 1.54) is 13.2 Å². The number of hydrogen-bond donors (Lipinski definition) is 1. The second-order valence-electron chi connectivity index (χ2n) is 2.19. The fourth-order valence-corrected chi connectivity index (χ4v) is 0.886. The Morgan fingerprint density at radius 3 is 2.57 bits per heavy atom. The second-order valence-corrected chi connectivity index (χ2v) is 2.19. The standard InChI is InChI=1S/C9H7NO2.CH4O/c1-12-9-3-2-7(6-11)4-8(9)5-10;1-2/h2-4,6H,1H3;2H,1H3. The van der Waals surface area contributed by atoms with Gasteiger partial charge in [0.25, 0.3) is 0 Å². The van der Waals surface area contributed by atoms with E-state index >= 15 is 0 Å². The Morgan fingerprint density at radius 1 is 1.50 bits per heavy atom. The summed E-state index contributed by atoms with van der Waals surface area (Å²) in [6.45, 7) is 0. The molecule has 0 saturated carbocycles. The van der Waals surface area contributed by atoms with Crippen molar-refractivity contribution in [3.63, 3.8) is 0 Å². The molecule has 0 aliphatic rings. The average Bonchev–Trinajstić information content (AvgIpc) is 2.30. The summed E-state index contributed by atoms with van der Waals surface area (Å²) in [5.41, 5.74) is 0.856. The van der Waals surface area contributed by atoms with Gasteiger partial charge < -0.3 is 9.84 Å². The van der Waals surface area contributed by atoms with Crippen LogP contribution in [0.2, 0.25) is 0 Å². The molecule has 0 unspecified atom stereocenters. The van der Waals surface area contributed by atoms with Crippen LogP contribution in [0.25, 0.3) is 0 Å². The third-order valence-corrected chi connectivity index (χ3v) is 1.48. The number of methoxy groups -OCH3 is 1. The quantitative estimate of drug-likeness (QED) is 0.711. The number of rotatable bonds is 2. The minimum atomic E-state index is 0.377. The monoisotopic (exact) mass is 193 g/mol. The van der Waals surface area contributed by atoms with E-state index in [1.54, 1.807) is 12.1 Å². The highest BCUT2D eigenvalue weighted by atomic mass is 16.5. The predicted octanol–water partition coefficient (Wildman–Crippen LogP) is 0.988. The topological polar surface area (TPSA) is 70.3 Å². The molecular formula is C10H11NO3. The predicted molar refractivity (Wildman–Crippen MR) is 51.2 cm³/mol. The minimum absolute atomic E-state index is 0.377. The van der Waals surface area contributed by atoms with Crippen molar-refractivity contribution >= 4 is 6.29 Å². The van der Waals surface area contributed by atoms with Gasteiger partial charge in [-0.2, -0.15) is 5.26 Å². The van der Waals surface area contributed by atoms with E-state index in [2.05, 4.69) is 0 Å². The zero-order valence-corrected chi connectivity index (χ0v) is 8.02. The Balaban J connectivity index is 0.000000791. The number of aldehydes is 1. The van der Waals surface area contributed by atoms with Gasteiger partial charge in [0.1, 0.15) is 18.1 Å². The number of hydrogen-bond acceptors (Lipinski definition) is 4. The number of aliphatic hydroxyl groups is 1. The SMILES string of the molecule is CO.COc1ccc(C=O)cc1C#N. The van der Waals surface area contributed by atoms with E-state index in [0.717, 1.165) is 7.11 Å². The number of ether oxygens (including phenoxy) is 1. The number of carbonyl (C=O) groups excluding carboxylic acids is 1. The molecule has 0 atom stereocenters. The molecule has 1 N–H and O–H groups in total. The maximum Gasteiger partial charge on any atom is 0.150 e. The Kier molecular flexibility index (Phi) is 5.75. The summed E-state index contributed by atoms with van der Waals surface area (Å²) in [5.74, 6) is 0.489. The van der Waals surface area contributed by atoms with Crippen LogP contribution >= 0.6 is 0 Å². The van der Waals surface area contributed by atoms with Crippen molar-refractivity contribution in [3.8, 4) is 11.8 Å². The van der Waals surface area contributed by atoms with Crippen molar-refractivity contribution in [1.29, 1.82) is 5.26 Å². The van der Waals surface area contributed by atoms with E-state index in [4.69, 9.17) is 15.1 Å². The third kappa shape index (κ3) is 2.88. The Labute approximate surface area is 82.4 Å². The number of carbonyl (C=O) groups is 1. The lowest BCUT2D eigenvalue weighted by Gasteiger charge is -2.01. The number of benzene rings is 1. The fraction of sp³-hybridized carbons (Fsp3) is 0.200. The molecule has 0 spiro atoms. The van der Waals surface area contributed by atoms with Crippen molar-refractivity contribution < 1.29 is 14.6 Å². The summed E-state index contributed by atoms with van der Waals surface area (Å²) in [6.07, 6.45) is 0.695. The highest BCUT2D eigenvalue weighted by molar-refractivity contribution is 5.76. The molecule has 0 fully saturated rings. The van der Waals surface area contributed by atoms with Crippen molar-refractivity contribution in [2.45, 2.75) is 0 Å². The van der Waals surface area contributed by atoms with E-state index in [-0.39, 0.29) is 0 Å². The summed E-state index contributed by atoms with van der Waals surface area (Å²) in [4.78, 5) is 10.3. The molecule has 0 saturated heterocycles. The highest BCUT2D eigenvalue weighted by Crippen LogP contribution is 2.17. The van der Waals surface area contributed by atoms with Crippen LogP contribution in [0.1, 0.15) is 15.9 Å². The van der Waals surface area contributed by atoms with Gasteiger partial charge in [-0.05, 0) is 18.2 Å². The lowest BCUT2D eigenvalue weighted by Crippen LogP contribution is -1.89. The van der Waals surface area contributed by atoms with Crippen LogP contribution in [0.5, 0.6) is 5.75 Å². The summed E-state index contributed by atoms with van der Waals surface area (Å²) >= 11 is 0. The first-order valence-corrected chi connectivity index (χ1v) is 3.80. The van der Waals surface area contributed by atoms with Gasteiger partial charge in [-0.15, -0.1) is 0 Å². The third-order valence-electron chi connectivity index (χ3n) is 1.48. The molecule has 4 nitrogen and oxygen atoms in total. The molecule has 0 heterocycles. The van der Waals surface area contributed by atoms with Crippen molar-refractivity contribution in [3.05, 3.63) is 29.3 Å². The summed E-state index contributed by atoms with van der Waals surface area (Å²) in [6, 6.07) is 6.63. The number of aliphatic hydroxyl groups excluding tert-OH is 1. The molecule has 1 aromatic carbocycles. The van der Waals surface area contributed by atoms with Crippen LogP contribution in [0.4, 0.5) is 0 Å². The number of nitrogens with zero attached hydrogens (tertiary/aromatic N) is 1. The van der Waals surface area contributed by atoms with E-state index in [9.17, 15) is 4.79 Å². The molecule has 0 aliphatic heterocycles. The van der Waals surface area contributed by atoms with Crippen LogP contribution in [0, 0.1) is 11.3 Å². The first-order chi connectivity index (χ1) is 6.81. The van der Waals surface area contributed by atoms with Crippen LogP contribution < -0.4 is 4.74 Å². The number of nitriles is 1. The Bertz CT molecular complexity index is 342. The van der Waals surface area contributed by atoms with E-state index in [0.29, 0.717) is 23.2 Å². The van der Waals surface area contributed by atoms with Gasteiger partial charge >= 0.3 is 0 Å². The second kappa shape index (κ2) is 6.63. The highest BCUT2D eigenvalue weighted by Gasteiger charge is 2.01. The molecule has 74 valence electrons. The van der Waals surface area contributed by atoms with Crippen LogP contribution in [-0.4, -0.2) is 25.6 Å². The van der Waals surface area contributed by atoms with Crippen LogP contribution in [0.3, 0.4) is 0 Å². The molecule has 0 aromatic heterocycles. The lowest BCUT2D eigenvalue weighted by molar-refractivity contribution is 0.112. The van der Waals surface area contributed by atoms with E-state index < -0.39 is 0 Å². The molecule has 4 heteroatoms. The summed E-state index contributed by atoms with van der Waals surface area (Å²) < 4.78 is 4.90. The van der Waals surface area contributed by atoms with Crippen molar-refractivity contribution in [1.82, 2.24) is 0 Å². The Hall–Kier alpha value is -1.86. The van der Waals surface area contributed by atoms with Gasteiger partial charge in [0.05, 0.1) is 12.7 Å². The van der Waals surface area contributed by atoms with Crippen molar-refractivity contribution in [2.75, 3.05) is 14.2 Å². The summed E-state index contributed by atoms with van der Waals surface area (Å²) in [5, 5.41) is 15.6. The molecule has 1 aromatic rings. The first kappa shape index (κ1) is 12.1. The molecule has 0 aliphatic carbocycles. The smallest absolute Gasteiger partial charge is 0.150 e. The molecule has 14 heavy (non-hydrogen) atoms. The molecule has 0 radical (unpaired) electrons. The molecular weight excluding hydrogens is 182 g/mol. The first-order valence-electron chi connectivity index (χ1n) is 3.80. The van der Waals surface area contributed by atoms with Gasteiger partial charge in [0, 0.05) is 12.7 Å². The Morgan fingerprint density at radius 2 is 2.14 bits per heavy atom. The van der Waals surface area contributed by atoms with Crippen LogP contribution in [0.15, 0.2) is 18.2 Å². The van der Waals surface area contributed by atoms with Gasteiger partial charge in [0.15, 0.2) is 0 Å². The van der Waals surface area contributed by atoms with Gasteiger partial charge in [-0.3, -0.25) is 4.79 Å². The zero-order chi connectivity index (χ0) is 11.0. The average molecular weight is 193 g/mol. The summed E-state index contributed by atoms with van der Waals surface area (Å²) in [7, 11) is 2.48. The lowest BCUT2D eigenvalue weighted by atomic mass is 10.1. The normalized spacial score (nSPS) is 7.86. The maximum atomic E-state index is 10.3. The van der Waals surface area contributed by atoms with E-state index in [1.807, 2.05) is 6.07 Å². The van der Waals surface area contributed by atoms with Crippen LogP contribution in [-0.2, 0) is 0 Å². The largest absolute Gasteiger partial charge is 0.495 e. The molecule has 1 rings (SSSR count). The maximum absolute atomic E-state index is 10.3. The van der Waals surface area contributed by atoms with Gasteiger partial charge in [0.2, 0.25) is 0 Å². The van der Waals surface area contributed by atoms with Gasteiger partial charge in [-0.25, -0.2) is 0 Å². The molecule has 0 amide bonds. The minimum Gasteiger partial charge on any atom is -0.495 e. The fourth-order valence-electron chi connectivity index (χ4n) is 0.886. The molecule has 0 bridgehead atoms.